The smallest absolute Gasteiger partial charge is 0.0840 e. The van der Waals surface area contributed by atoms with E-state index in [1.807, 2.05) is 0 Å². The molecule has 0 amide bonds. The lowest BCUT2D eigenvalue weighted by Crippen LogP contribution is -2.42. The van der Waals surface area contributed by atoms with Gasteiger partial charge < -0.3 is 18.9 Å². The third-order valence-corrected chi connectivity index (χ3v) is 4.45. The molecule has 0 unspecified atom stereocenters. The van der Waals surface area contributed by atoms with Crippen LogP contribution in [0.1, 0.15) is 40.0 Å². The Morgan fingerprint density at radius 3 is 1.85 bits per heavy atom. The molecule has 1 saturated carbocycles. The average Bonchev–Trinajstić information content (AvgIpc) is 2.38. The van der Waals surface area contributed by atoms with Crippen LogP contribution in [0.4, 0.5) is 0 Å². The maximum Gasteiger partial charge on any atom is 0.0840 e. The van der Waals surface area contributed by atoms with Gasteiger partial charge in [0.25, 0.3) is 0 Å². The first-order chi connectivity index (χ1) is 9.57. The summed E-state index contributed by atoms with van der Waals surface area (Å²) in [7, 11) is 0. The van der Waals surface area contributed by atoms with Crippen LogP contribution in [-0.4, -0.2) is 51.8 Å². The fourth-order valence-electron chi connectivity index (χ4n) is 3.09. The normalized spacial score (nSPS) is 34.6. The first-order valence-electron chi connectivity index (χ1n) is 7.96. The third kappa shape index (κ3) is 4.99. The van der Waals surface area contributed by atoms with Crippen LogP contribution < -0.4 is 0 Å². The van der Waals surface area contributed by atoms with Crippen LogP contribution >= 0.6 is 0 Å². The lowest BCUT2D eigenvalue weighted by molar-refractivity contribution is -0.133. The van der Waals surface area contributed by atoms with Crippen molar-refractivity contribution >= 4 is 0 Å². The molecule has 118 valence electrons. The molecule has 2 rings (SSSR count). The highest BCUT2D eigenvalue weighted by Crippen LogP contribution is 2.39. The summed E-state index contributed by atoms with van der Waals surface area (Å²) >= 11 is 0. The maximum absolute atomic E-state index is 6.05. The summed E-state index contributed by atoms with van der Waals surface area (Å²) in [5.41, 5.74) is 0.345. The van der Waals surface area contributed by atoms with E-state index in [1.165, 1.54) is 6.42 Å². The van der Waals surface area contributed by atoms with Crippen LogP contribution in [0.5, 0.6) is 0 Å². The summed E-state index contributed by atoms with van der Waals surface area (Å²) in [6, 6.07) is 0. The highest BCUT2D eigenvalue weighted by molar-refractivity contribution is 4.87. The van der Waals surface area contributed by atoms with E-state index in [0.717, 1.165) is 12.8 Å². The van der Waals surface area contributed by atoms with E-state index < -0.39 is 0 Å². The summed E-state index contributed by atoms with van der Waals surface area (Å²) < 4.78 is 23.0. The Balaban J connectivity index is 1.90. The van der Waals surface area contributed by atoms with Gasteiger partial charge in [-0.15, -0.1) is 0 Å². The molecule has 3 atom stereocenters. The Labute approximate surface area is 123 Å². The van der Waals surface area contributed by atoms with Crippen molar-refractivity contribution in [3.63, 3.8) is 0 Å². The van der Waals surface area contributed by atoms with Gasteiger partial charge in [0.2, 0.25) is 0 Å². The van der Waals surface area contributed by atoms with Crippen LogP contribution in [0.3, 0.4) is 0 Å². The fraction of sp³-hybridized carbons (Fsp3) is 1.00. The zero-order chi connectivity index (χ0) is 14.4. The molecule has 0 N–H and O–H groups in total. The molecule has 2 aliphatic rings. The first-order valence-corrected chi connectivity index (χ1v) is 7.96. The van der Waals surface area contributed by atoms with Gasteiger partial charge in [-0.3, -0.25) is 0 Å². The zero-order valence-electron chi connectivity index (χ0n) is 13.2. The molecule has 1 aliphatic heterocycles. The molecule has 2 fully saturated rings. The number of hydrogen-bond acceptors (Lipinski definition) is 4. The van der Waals surface area contributed by atoms with Gasteiger partial charge in [0.05, 0.1) is 51.8 Å². The van der Waals surface area contributed by atoms with Gasteiger partial charge in [0.15, 0.2) is 0 Å². The minimum absolute atomic E-state index is 0.205. The summed E-state index contributed by atoms with van der Waals surface area (Å²) in [6.07, 6.45) is 3.83. The maximum atomic E-state index is 6.05. The SMILES string of the molecule is CC(C)(C)[C@@H]1CC[C@@H]2OCCOCCOCCO[C@H]2C1. The van der Waals surface area contributed by atoms with Crippen molar-refractivity contribution < 1.29 is 18.9 Å². The second kappa shape index (κ2) is 7.74. The zero-order valence-corrected chi connectivity index (χ0v) is 13.2. The highest BCUT2D eigenvalue weighted by Gasteiger charge is 2.36. The predicted molar refractivity (Wildman–Crippen MR) is 77.9 cm³/mol. The van der Waals surface area contributed by atoms with E-state index in [2.05, 4.69) is 20.8 Å². The van der Waals surface area contributed by atoms with Crippen LogP contribution in [-0.2, 0) is 18.9 Å². The van der Waals surface area contributed by atoms with E-state index in [0.29, 0.717) is 51.0 Å². The molecule has 4 heteroatoms. The lowest BCUT2D eigenvalue weighted by atomic mass is 9.71. The Bertz CT molecular complexity index is 274. The van der Waals surface area contributed by atoms with Gasteiger partial charge in [-0.2, -0.15) is 0 Å². The van der Waals surface area contributed by atoms with Crippen molar-refractivity contribution in [1.29, 1.82) is 0 Å². The fourth-order valence-corrected chi connectivity index (χ4v) is 3.09. The molecule has 20 heavy (non-hydrogen) atoms. The molecule has 1 saturated heterocycles. The molecule has 1 aliphatic carbocycles. The van der Waals surface area contributed by atoms with Crippen molar-refractivity contribution in [3.8, 4) is 0 Å². The summed E-state index contributed by atoms with van der Waals surface area (Å²) in [5.74, 6) is 0.706. The molecule has 0 radical (unpaired) electrons. The van der Waals surface area contributed by atoms with E-state index in [9.17, 15) is 0 Å². The lowest BCUT2D eigenvalue weighted by Gasteiger charge is -2.41. The van der Waals surface area contributed by atoms with Gasteiger partial charge in [0, 0.05) is 0 Å². The molecular formula is C16H30O4. The summed E-state index contributed by atoms with van der Waals surface area (Å²) in [5, 5.41) is 0. The third-order valence-electron chi connectivity index (χ3n) is 4.45. The standard InChI is InChI=1S/C16H30O4/c1-16(2,3)13-4-5-14-15(12-13)20-11-9-18-7-6-17-8-10-19-14/h13-15H,4-12H2,1-3H3/t13-,14+,15+/m1/s1. The Kier molecular flexibility index (Phi) is 6.27. The van der Waals surface area contributed by atoms with Crippen molar-refractivity contribution in [2.45, 2.75) is 52.2 Å². The summed E-state index contributed by atoms with van der Waals surface area (Å²) in [6.45, 7) is 10.9. The second-order valence-corrected chi connectivity index (χ2v) is 6.92. The van der Waals surface area contributed by atoms with Gasteiger partial charge in [-0.25, -0.2) is 0 Å². The average molecular weight is 286 g/mol. The van der Waals surface area contributed by atoms with Crippen LogP contribution in [0.15, 0.2) is 0 Å². The predicted octanol–water partition coefficient (Wildman–Crippen LogP) is 2.65. The minimum Gasteiger partial charge on any atom is -0.377 e. The van der Waals surface area contributed by atoms with Crippen molar-refractivity contribution in [2.24, 2.45) is 11.3 Å². The van der Waals surface area contributed by atoms with Gasteiger partial charge in [0.1, 0.15) is 0 Å². The second-order valence-electron chi connectivity index (χ2n) is 6.92. The number of ether oxygens (including phenoxy) is 4. The Hall–Kier alpha value is -0.160. The summed E-state index contributed by atoms with van der Waals surface area (Å²) in [4.78, 5) is 0. The number of hydrogen-bond donors (Lipinski definition) is 0. The molecule has 0 spiro atoms. The van der Waals surface area contributed by atoms with Gasteiger partial charge in [-0.05, 0) is 30.6 Å². The van der Waals surface area contributed by atoms with E-state index in [4.69, 9.17) is 18.9 Å². The molecule has 0 bridgehead atoms. The first kappa shape index (κ1) is 16.2. The Morgan fingerprint density at radius 1 is 0.700 bits per heavy atom. The highest BCUT2D eigenvalue weighted by atomic mass is 16.6. The number of rotatable bonds is 0. The number of fused-ring (bicyclic) bond motifs is 1. The molecule has 0 aromatic carbocycles. The quantitative estimate of drug-likeness (QED) is 0.686. The van der Waals surface area contributed by atoms with Crippen LogP contribution in [0.25, 0.3) is 0 Å². The van der Waals surface area contributed by atoms with E-state index >= 15 is 0 Å². The van der Waals surface area contributed by atoms with E-state index in [-0.39, 0.29) is 12.2 Å². The molecule has 0 aromatic rings. The van der Waals surface area contributed by atoms with Crippen molar-refractivity contribution in [2.75, 3.05) is 39.6 Å². The molecular weight excluding hydrogens is 256 g/mol. The topological polar surface area (TPSA) is 36.9 Å². The van der Waals surface area contributed by atoms with Crippen molar-refractivity contribution in [1.82, 2.24) is 0 Å². The van der Waals surface area contributed by atoms with Gasteiger partial charge in [-0.1, -0.05) is 20.8 Å². The molecule has 1 heterocycles. The largest absolute Gasteiger partial charge is 0.377 e. The monoisotopic (exact) mass is 286 g/mol. The van der Waals surface area contributed by atoms with Crippen molar-refractivity contribution in [3.05, 3.63) is 0 Å². The molecule has 0 aromatic heterocycles. The van der Waals surface area contributed by atoms with Gasteiger partial charge >= 0.3 is 0 Å². The van der Waals surface area contributed by atoms with E-state index in [1.54, 1.807) is 0 Å². The molecule has 4 nitrogen and oxygen atoms in total. The Morgan fingerprint density at radius 2 is 1.25 bits per heavy atom. The van der Waals surface area contributed by atoms with Crippen LogP contribution in [0, 0.1) is 11.3 Å². The minimum atomic E-state index is 0.205. The van der Waals surface area contributed by atoms with Crippen LogP contribution in [0.2, 0.25) is 0 Å².